The molecule has 1 aliphatic rings. The van der Waals surface area contributed by atoms with Gasteiger partial charge < -0.3 is 23.7 Å². The van der Waals surface area contributed by atoms with Gasteiger partial charge in [-0.2, -0.15) is 5.10 Å². The molecule has 0 unspecified atom stereocenters. The molecule has 56 heavy (non-hydrogen) atoms. The summed E-state index contributed by atoms with van der Waals surface area (Å²) in [5, 5.41) is 7.07. The van der Waals surface area contributed by atoms with Crippen LogP contribution in [0.15, 0.2) is 66.7 Å². The molecule has 0 aliphatic carbocycles. The molecule has 0 N–H and O–H groups in total. The number of hydrogen-bond donors (Lipinski definition) is 0. The molecule has 6 aromatic rings. The molecule has 9 nitrogen and oxygen atoms in total. The van der Waals surface area contributed by atoms with Crippen molar-refractivity contribution >= 4 is 46.5 Å². The van der Waals surface area contributed by atoms with Crippen molar-refractivity contribution in [3.63, 3.8) is 0 Å². The molecule has 7 rings (SSSR count). The van der Waals surface area contributed by atoms with Crippen molar-refractivity contribution in [2.45, 2.75) is 73.6 Å². The Kier molecular flexibility index (Phi) is 11.5. The first-order valence-electron chi connectivity index (χ1n) is 18.9. The summed E-state index contributed by atoms with van der Waals surface area (Å²) >= 11 is 13.5. The van der Waals surface area contributed by atoms with Gasteiger partial charge in [-0.05, 0) is 124 Å². The van der Waals surface area contributed by atoms with E-state index < -0.39 is 0 Å². The minimum atomic E-state index is -0.0697. The number of amides is 1. The zero-order chi connectivity index (χ0) is 39.7. The van der Waals surface area contributed by atoms with Gasteiger partial charge in [-0.1, -0.05) is 53.5 Å². The van der Waals surface area contributed by atoms with Gasteiger partial charge in [-0.15, -0.1) is 0 Å². The lowest BCUT2D eigenvalue weighted by Crippen LogP contribution is -2.31. The van der Waals surface area contributed by atoms with Crippen LogP contribution in [0.25, 0.3) is 22.0 Å². The largest absolute Gasteiger partial charge is 0.494 e. The van der Waals surface area contributed by atoms with Gasteiger partial charge in [-0.25, -0.2) is 0 Å². The van der Waals surface area contributed by atoms with E-state index >= 15 is 4.79 Å². The van der Waals surface area contributed by atoms with E-state index in [9.17, 15) is 4.79 Å². The molecule has 290 valence electrons. The van der Waals surface area contributed by atoms with Crippen molar-refractivity contribution in [2.75, 3.05) is 13.2 Å². The van der Waals surface area contributed by atoms with Crippen LogP contribution in [0.4, 0.5) is 0 Å². The Balaban J connectivity index is 1.26. The average Bonchev–Trinajstić information content (AvgIpc) is 3.54. The SMILES string of the molecule is Cc1ccccc1OCc1cc(CN2CCCn3c(c(CCCOc4cc(C)c(Cl)c(C)c4)c4ccc(Cl)c(-c5c(C)nn(C)c5C)c43)C2=O)cc(OC=O)c1. The number of benzene rings is 4. The summed E-state index contributed by atoms with van der Waals surface area (Å²) in [6.07, 6.45) is 2.02. The van der Waals surface area contributed by atoms with E-state index in [4.69, 9.17) is 42.5 Å². The van der Waals surface area contributed by atoms with E-state index in [2.05, 4.69) is 4.57 Å². The monoisotopic (exact) mass is 792 g/mol. The van der Waals surface area contributed by atoms with Crippen molar-refractivity contribution < 1.29 is 23.8 Å². The third kappa shape index (κ3) is 7.75. The van der Waals surface area contributed by atoms with E-state index in [-0.39, 0.29) is 12.5 Å². The maximum absolute atomic E-state index is 15.0. The van der Waals surface area contributed by atoms with E-state index in [1.165, 1.54) is 0 Å². The molecule has 0 saturated heterocycles. The number of para-hydroxylation sites is 1. The van der Waals surface area contributed by atoms with Gasteiger partial charge in [0.2, 0.25) is 0 Å². The van der Waals surface area contributed by atoms with Gasteiger partial charge in [0.25, 0.3) is 12.4 Å². The Morgan fingerprint density at radius 2 is 1.59 bits per heavy atom. The van der Waals surface area contributed by atoms with Crippen molar-refractivity contribution in [1.29, 1.82) is 0 Å². The molecule has 0 radical (unpaired) electrons. The van der Waals surface area contributed by atoms with Crippen molar-refractivity contribution in [3.8, 4) is 28.4 Å². The van der Waals surface area contributed by atoms with Gasteiger partial charge in [0.15, 0.2) is 0 Å². The minimum Gasteiger partial charge on any atom is -0.494 e. The fourth-order valence-electron chi connectivity index (χ4n) is 7.96. The van der Waals surface area contributed by atoms with E-state index in [0.717, 1.165) is 89.7 Å². The number of rotatable bonds is 13. The second kappa shape index (κ2) is 16.5. The third-order valence-electron chi connectivity index (χ3n) is 10.7. The minimum absolute atomic E-state index is 0.0697. The smallest absolute Gasteiger partial charge is 0.298 e. The second-order valence-electron chi connectivity index (χ2n) is 14.6. The summed E-state index contributed by atoms with van der Waals surface area (Å²) in [5.41, 5.74) is 10.9. The molecule has 0 bridgehead atoms. The lowest BCUT2D eigenvalue weighted by atomic mass is 9.98. The number of nitrogens with zero attached hydrogens (tertiary/aromatic N) is 4. The first-order chi connectivity index (χ1) is 26.9. The van der Waals surface area contributed by atoms with E-state index in [1.54, 1.807) is 6.07 Å². The predicted molar refractivity (Wildman–Crippen MR) is 221 cm³/mol. The number of aryl methyl sites for hydroxylation is 7. The zero-order valence-electron chi connectivity index (χ0n) is 32.7. The van der Waals surface area contributed by atoms with E-state index in [1.807, 2.05) is 112 Å². The van der Waals surface area contributed by atoms with Crippen molar-refractivity contribution in [2.24, 2.45) is 7.05 Å². The Labute approximate surface area is 337 Å². The first kappa shape index (κ1) is 39.0. The Morgan fingerprint density at radius 3 is 2.30 bits per heavy atom. The van der Waals surface area contributed by atoms with Crippen LogP contribution in [0.5, 0.6) is 17.2 Å². The van der Waals surface area contributed by atoms with Gasteiger partial charge in [0.05, 0.1) is 22.8 Å². The number of ether oxygens (including phenoxy) is 3. The van der Waals surface area contributed by atoms with Crippen LogP contribution in [-0.2, 0) is 38.0 Å². The molecule has 0 saturated carbocycles. The molecule has 11 heteroatoms. The van der Waals surface area contributed by atoms with Crippen molar-refractivity contribution in [1.82, 2.24) is 19.2 Å². The summed E-state index contributed by atoms with van der Waals surface area (Å²) in [4.78, 5) is 28.3. The Bertz CT molecular complexity index is 2440. The second-order valence-corrected chi connectivity index (χ2v) is 15.4. The number of carbonyl (C=O) groups is 2. The van der Waals surface area contributed by atoms with Crippen LogP contribution in [0.2, 0.25) is 10.0 Å². The number of aromatic nitrogens is 3. The van der Waals surface area contributed by atoms with Crippen LogP contribution in [-0.4, -0.2) is 44.8 Å². The maximum Gasteiger partial charge on any atom is 0.298 e. The first-order valence-corrected chi connectivity index (χ1v) is 19.6. The lowest BCUT2D eigenvalue weighted by Gasteiger charge is -2.22. The van der Waals surface area contributed by atoms with Crippen LogP contribution in [0.3, 0.4) is 0 Å². The quantitative estimate of drug-likeness (QED) is 0.0855. The highest BCUT2D eigenvalue weighted by Crippen LogP contribution is 2.43. The van der Waals surface area contributed by atoms with Gasteiger partial charge in [0.1, 0.15) is 29.5 Å². The van der Waals surface area contributed by atoms with E-state index in [0.29, 0.717) is 62.0 Å². The number of hydrogen-bond acceptors (Lipinski definition) is 6. The molecule has 4 aromatic carbocycles. The third-order valence-corrected chi connectivity index (χ3v) is 11.6. The average molecular weight is 794 g/mol. The maximum atomic E-state index is 15.0. The molecular weight excluding hydrogens is 747 g/mol. The van der Waals surface area contributed by atoms with Gasteiger partial charge in [-0.3, -0.25) is 14.3 Å². The highest BCUT2D eigenvalue weighted by atomic mass is 35.5. The summed E-state index contributed by atoms with van der Waals surface area (Å²) < 4.78 is 21.8. The molecule has 0 fully saturated rings. The summed E-state index contributed by atoms with van der Waals surface area (Å²) in [6, 6.07) is 21.3. The molecule has 0 spiro atoms. The highest BCUT2D eigenvalue weighted by Gasteiger charge is 2.32. The normalized spacial score (nSPS) is 12.9. The standard InChI is InChI=1S/C45H46Cl2N4O5/c1-27-11-7-8-13-39(27)55-25-33-21-32(22-35(23-33)56-26-52)24-50-16-10-17-51-43-37(14-15-38(46)41(43)40-30(4)48-49(6)31(40)5)36(44(51)45(50)53)12-9-18-54-34-19-28(2)42(47)29(3)20-34/h7-8,11,13-15,19-23,26H,9-10,12,16-18,24-25H2,1-6H3. The Hall–Kier alpha value is -5.25. The summed E-state index contributed by atoms with van der Waals surface area (Å²) in [6.45, 7) is 12.6. The van der Waals surface area contributed by atoms with Crippen LogP contribution in [0.1, 0.15) is 68.1 Å². The van der Waals surface area contributed by atoms with Gasteiger partial charge >= 0.3 is 0 Å². The fraction of sp³-hybridized carbons (Fsp3) is 0.311. The molecule has 3 heterocycles. The number of fused-ring (bicyclic) bond motifs is 3. The molecule has 1 aliphatic heterocycles. The predicted octanol–water partition coefficient (Wildman–Crippen LogP) is 10.1. The van der Waals surface area contributed by atoms with Crippen molar-refractivity contribution in [3.05, 3.63) is 127 Å². The number of halogens is 2. The molecule has 1 amide bonds. The lowest BCUT2D eigenvalue weighted by molar-refractivity contribution is -0.120. The topological polar surface area (TPSA) is 87.8 Å². The van der Waals surface area contributed by atoms with Crippen LogP contribution < -0.4 is 14.2 Å². The highest BCUT2D eigenvalue weighted by molar-refractivity contribution is 6.35. The molecular formula is C45H46Cl2N4O5. The summed E-state index contributed by atoms with van der Waals surface area (Å²) in [5.74, 6) is 1.87. The molecule has 2 aromatic heterocycles. The van der Waals surface area contributed by atoms with Crippen LogP contribution in [0, 0.1) is 34.6 Å². The number of carbonyl (C=O) groups excluding carboxylic acids is 2. The molecule has 0 atom stereocenters. The zero-order valence-corrected chi connectivity index (χ0v) is 34.2. The van der Waals surface area contributed by atoms with Crippen LogP contribution >= 0.6 is 23.2 Å². The Morgan fingerprint density at radius 1 is 0.839 bits per heavy atom. The van der Waals surface area contributed by atoms with Gasteiger partial charge in [0, 0.05) is 53.9 Å². The fourth-order valence-corrected chi connectivity index (χ4v) is 8.32. The summed E-state index contributed by atoms with van der Waals surface area (Å²) in [7, 11) is 1.93.